The third-order valence-corrected chi connectivity index (χ3v) is 21.6. The molecule has 4 fully saturated rings. The van der Waals surface area contributed by atoms with Gasteiger partial charge < -0.3 is 48.5 Å². The van der Waals surface area contributed by atoms with Crippen molar-refractivity contribution in [2.75, 3.05) is 125 Å². The third kappa shape index (κ3) is 19.6. The summed E-state index contributed by atoms with van der Waals surface area (Å²) in [5.74, 6) is -0.412. The molecule has 1 aliphatic carbocycles. The Bertz CT molecular complexity index is 3750. The van der Waals surface area contributed by atoms with Gasteiger partial charge >= 0.3 is 18.3 Å². The zero-order valence-corrected chi connectivity index (χ0v) is 59.2. The maximum Gasteiger partial charge on any atom is 0.416 e. The van der Waals surface area contributed by atoms with Gasteiger partial charge in [0.2, 0.25) is 11.8 Å². The Labute approximate surface area is 594 Å². The summed E-state index contributed by atoms with van der Waals surface area (Å²) in [6, 6.07) is 41.1. The van der Waals surface area contributed by atoms with Crippen molar-refractivity contribution in [1.29, 1.82) is 0 Å². The second kappa shape index (κ2) is 34.4. The number of methoxy groups -OCH3 is 1. The standard InChI is InChI=1S/C46H63N5O6.C34H33F7N2O2/c1-47(44(53)35-56-4)26-11-27-49(3)46(55)38-18-20-40(21-19-38)51-30-22-36(23-31-51)12-10-17-43(52)48(2)32-33-50-28-24-41(25-29-50)57-45(54)34-39-15-8-9-16-42(39)37-13-6-5-7-14-37;1-22-16-23-4-2-3-5-29(23)31(22)10-13-42(14-11-31)15-12-32(25-6-8-28(35)9-7-25)20-43(21-45-32)30(44)24-17-26(33(36,37)38)19-27(18-24)34(39,40)41/h5-9,13-16,18-21,36,41H,10-12,17,22-35H2,1-4H3;2-9,17-19,22H,10-16,20-21H2,1H3/t;22-,32-/m.0/s1. The van der Waals surface area contributed by atoms with Crippen LogP contribution in [0.1, 0.15) is 132 Å². The first kappa shape index (κ1) is 76.5. The number of fused-ring (bicyclic) bond motifs is 2. The third-order valence-electron chi connectivity index (χ3n) is 21.6. The highest BCUT2D eigenvalue weighted by Crippen LogP contribution is 2.50. The van der Waals surface area contributed by atoms with Crippen LogP contribution in [0.25, 0.3) is 11.1 Å². The number of hydrogen-bond donors (Lipinski definition) is 0. The SMILES string of the molecule is COCC(=O)N(C)CCCN(C)C(=O)c1ccc(N2CCC(CCCC(=O)N(C)CCN3CCC(OC(=O)Cc4ccccc4-c4ccccc4)CC3)CC2)cc1.C[C@H]1Cc2ccccc2C12CCN(CC[C@@]1(c3ccc(F)cc3)CN(C(=O)c3cc(C(F)(F)F)cc(C(F)(F)F)c3)CO1)CC2. The predicted octanol–water partition coefficient (Wildman–Crippen LogP) is 13.8. The molecule has 2 atom stereocenters. The van der Waals surface area contributed by atoms with Crippen molar-refractivity contribution in [2.45, 2.75) is 120 Å². The van der Waals surface area contributed by atoms with E-state index < -0.39 is 46.4 Å². The Morgan fingerprint density at radius 1 is 0.637 bits per heavy atom. The lowest BCUT2D eigenvalue weighted by molar-refractivity contribution is -0.150. The molecule has 548 valence electrons. The molecular weight excluding hydrogens is 1320 g/mol. The minimum atomic E-state index is -5.08. The van der Waals surface area contributed by atoms with Crippen molar-refractivity contribution >= 4 is 35.3 Å². The highest BCUT2D eigenvalue weighted by Gasteiger charge is 2.48. The van der Waals surface area contributed by atoms with Crippen LogP contribution in [-0.4, -0.2) is 185 Å². The summed E-state index contributed by atoms with van der Waals surface area (Å²) in [7, 11) is 6.96. The smallest absolute Gasteiger partial charge is 0.416 e. The first-order valence-electron chi connectivity index (χ1n) is 35.7. The van der Waals surface area contributed by atoms with Gasteiger partial charge in [0.15, 0.2) is 0 Å². The molecular formula is C80H96F7N7O8. The number of ether oxygens (including phenoxy) is 3. The Hall–Kier alpha value is -8.18. The van der Waals surface area contributed by atoms with E-state index in [4.69, 9.17) is 14.2 Å². The van der Waals surface area contributed by atoms with Crippen LogP contribution in [0.3, 0.4) is 0 Å². The summed E-state index contributed by atoms with van der Waals surface area (Å²) < 4.78 is 112. The molecule has 0 N–H and O–H groups in total. The molecule has 4 saturated heterocycles. The van der Waals surface area contributed by atoms with Crippen molar-refractivity contribution in [2.24, 2.45) is 11.8 Å². The molecule has 1 spiro atoms. The van der Waals surface area contributed by atoms with Gasteiger partial charge in [0.05, 0.1) is 24.1 Å². The Balaban J connectivity index is 0.000000225. The lowest BCUT2D eigenvalue weighted by Crippen LogP contribution is -2.46. The van der Waals surface area contributed by atoms with Crippen LogP contribution in [0.4, 0.5) is 36.4 Å². The van der Waals surface area contributed by atoms with E-state index in [1.54, 1.807) is 23.9 Å². The number of rotatable bonds is 24. The molecule has 11 rings (SSSR count). The maximum atomic E-state index is 13.9. The van der Waals surface area contributed by atoms with Gasteiger partial charge in [-0.25, -0.2) is 4.39 Å². The lowest BCUT2D eigenvalue weighted by atomic mass is 9.68. The van der Waals surface area contributed by atoms with E-state index in [0.717, 1.165) is 131 Å². The van der Waals surface area contributed by atoms with Gasteiger partial charge in [0.25, 0.3) is 11.8 Å². The fourth-order valence-corrected chi connectivity index (χ4v) is 15.3. The lowest BCUT2D eigenvalue weighted by Gasteiger charge is -2.44. The van der Waals surface area contributed by atoms with Gasteiger partial charge in [-0.2, -0.15) is 26.3 Å². The first-order valence-corrected chi connectivity index (χ1v) is 35.7. The number of likely N-dealkylation sites (N-methyl/N-ethyl adjacent to an activating group) is 2. The van der Waals surface area contributed by atoms with Crippen molar-refractivity contribution in [3.05, 3.63) is 196 Å². The molecule has 0 saturated carbocycles. The number of benzene rings is 6. The minimum Gasteiger partial charge on any atom is -0.462 e. The number of nitrogens with zero attached hydrogens (tertiary/aromatic N) is 7. The highest BCUT2D eigenvalue weighted by molar-refractivity contribution is 5.95. The second-order valence-electron chi connectivity index (χ2n) is 28.3. The summed E-state index contributed by atoms with van der Waals surface area (Å²) in [6.07, 6.45) is 0.501. The van der Waals surface area contributed by atoms with Crippen LogP contribution >= 0.6 is 0 Å². The van der Waals surface area contributed by atoms with E-state index in [0.29, 0.717) is 80.5 Å². The predicted molar refractivity (Wildman–Crippen MR) is 378 cm³/mol. The van der Waals surface area contributed by atoms with Gasteiger partial charge in [-0.3, -0.25) is 24.0 Å². The molecule has 0 bridgehead atoms. The van der Waals surface area contributed by atoms with E-state index in [9.17, 15) is 54.7 Å². The Morgan fingerprint density at radius 3 is 1.92 bits per heavy atom. The minimum absolute atomic E-state index is 0.00621. The van der Waals surface area contributed by atoms with Crippen LogP contribution < -0.4 is 4.90 Å². The number of esters is 1. The van der Waals surface area contributed by atoms with Crippen LogP contribution in [0.15, 0.2) is 146 Å². The molecule has 102 heavy (non-hydrogen) atoms. The molecule has 4 heterocycles. The van der Waals surface area contributed by atoms with E-state index >= 15 is 0 Å². The molecule has 22 heteroatoms. The van der Waals surface area contributed by atoms with Gasteiger partial charge in [0, 0.05) is 116 Å². The molecule has 4 aliphatic heterocycles. The van der Waals surface area contributed by atoms with Gasteiger partial charge in [-0.05, 0) is 184 Å². The second-order valence-corrected chi connectivity index (χ2v) is 28.3. The number of carbonyl (C=O) groups excluding carboxylic acids is 5. The molecule has 4 amide bonds. The van der Waals surface area contributed by atoms with Crippen LogP contribution in [-0.2, 0) is 64.8 Å². The molecule has 15 nitrogen and oxygen atoms in total. The fraction of sp³-hybridized carbons (Fsp3) is 0.487. The van der Waals surface area contributed by atoms with Crippen LogP contribution in [0.2, 0.25) is 0 Å². The maximum absolute atomic E-state index is 13.9. The molecule has 0 radical (unpaired) electrons. The van der Waals surface area contributed by atoms with Gasteiger partial charge in [-0.15, -0.1) is 0 Å². The number of alkyl halides is 6. The summed E-state index contributed by atoms with van der Waals surface area (Å²) in [4.78, 5) is 77.5. The average molecular weight is 1420 g/mol. The van der Waals surface area contributed by atoms with Crippen molar-refractivity contribution < 1.29 is 68.9 Å². The first-order chi connectivity index (χ1) is 48.8. The van der Waals surface area contributed by atoms with E-state index in [1.807, 2.05) is 72.6 Å². The molecule has 0 aromatic heterocycles. The van der Waals surface area contributed by atoms with Crippen molar-refractivity contribution in [1.82, 2.24) is 29.4 Å². The molecule has 6 aromatic carbocycles. The van der Waals surface area contributed by atoms with E-state index in [-0.39, 0.29) is 67.6 Å². The number of amides is 4. The van der Waals surface area contributed by atoms with Gasteiger partial charge in [0.1, 0.15) is 30.9 Å². The van der Waals surface area contributed by atoms with E-state index in [2.05, 4.69) is 64.1 Å². The number of anilines is 1. The Kier molecular flexibility index (Phi) is 25.8. The highest BCUT2D eigenvalue weighted by atomic mass is 19.4. The van der Waals surface area contributed by atoms with Crippen molar-refractivity contribution in [3.63, 3.8) is 0 Å². The number of likely N-dealkylation sites (tertiary alicyclic amines) is 2. The zero-order chi connectivity index (χ0) is 72.8. The van der Waals surface area contributed by atoms with Crippen LogP contribution in [0, 0.1) is 17.7 Å². The zero-order valence-electron chi connectivity index (χ0n) is 59.2. The topological polar surface area (TPSA) is 136 Å². The summed E-state index contributed by atoms with van der Waals surface area (Å²) in [5.41, 5.74) is 3.48. The Morgan fingerprint density at radius 2 is 1.25 bits per heavy atom. The van der Waals surface area contributed by atoms with E-state index in [1.165, 1.54) is 42.5 Å². The fourth-order valence-electron chi connectivity index (χ4n) is 15.3. The molecule has 6 aromatic rings. The summed E-state index contributed by atoms with van der Waals surface area (Å²) >= 11 is 0. The average Bonchev–Trinajstić information content (AvgIpc) is 1.59. The molecule has 5 aliphatic rings. The molecule has 0 unspecified atom stereocenters. The normalized spacial score (nSPS) is 18.9. The van der Waals surface area contributed by atoms with Crippen molar-refractivity contribution in [3.8, 4) is 11.1 Å². The van der Waals surface area contributed by atoms with Crippen LogP contribution in [0.5, 0.6) is 0 Å². The summed E-state index contributed by atoms with van der Waals surface area (Å²) in [5, 5.41) is 0. The van der Waals surface area contributed by atoms with Gasteiger partial charge in [-0.1, -0.05) is 97.9 Å². The quantitative estimate of drug-likeness (QED) is 0.0423. The number of piperidine rings is 3. The monoisotopic (exact) mass is 1420 g/mol. The number of hydrogen-bond acceptors (Lipinski definition) is 11. The largest absolute Gasteiger partial charge is 0.462 e. The number of carbonyl (C=O) groups is 5. The summed E-state index contributed by atoms with van der Waals surface area (Å²) in [6.45, 7) is 10.5. The number of halogens is 7.